The van der Waals surface area contributed by atoms with E-state index in [2.05, 4.69) is 48.0 Å². The van der Waals surface area contributed by atoms with Crippen molar-refractivity contribution in [3.63, 3.8) is 0 Å². The summed E-state index contributed by atoms with van der Waals surface area (Å²) in [4.78, 5) is 2.68. The van der Waals surface area contributed by atoms with Crippen LogP contribution in [0.15, 0.2) is 60.8 Å². The topological polar surface area (TPSA) is 24.5 Å². The molecule has 2 aliphatic carbocycles. The molecule has 1 heterocycles. The quantitative estimate of drug-likeness (QED) is 0.569. The molecular weight excluding hydrogens is 404 g/mol. The smallest absolute Gasteiger partial charge is 0.119 e. The summed E-state index contributed by atoms with van der Waals surface area (Å²) >= 11 is 5.99. The van der Waals surface area contributed by atoms with Gasteiger partial charge in [0, 0.05) is 41.3 Å². The molecule has 3 fully saturated rings. The molecule has 4 heteroatoms. The van der Waals surface area contributed by atoms with Gasteiger partial charge in [0.2, 0.25) is 0 Å². The molecule has 164 valence electrons. The van der Waals surface area contributed by atoms with Gasteiger partial charge in [-0.15, -0.1) is 0 Å². The molecule has 31 heavy (non-hydrogen) atoms. The first kappa shape index (κ1) is 20.9. The Morgan fingerprint density at radius 1 is 1.16 bits per heavy atom. The van der Waals surface area contributed by atoms with Gasteiger partial charge in [0.1, 0.15) is 11.9 Å². The van der Waals surface area contributed by atoms with Gasteiger partial charge in [0.05, 0.1) is 0 Å². The average Bonchev–Trinajstić information content (AvgIpc) is 3.49. The van der Waals surface area contributed by atoms with Crippen molar-refractivity contribution in [2.75, 3.05) is 13.1 Å². The van der Waals surface area contributed by atoms with Gasteiger partial charge in [-0.1, -0.05) is 48.0 Å². The lowest BCUT2D eigenvalue weighted by Crippen LogP contribution is -2.61. The zero-order chi connectivity index (χ0) is 21.4. The zero-order valence-electron chi connectivity index (χ0n) is 18.4. The van der Waals surface area contributed by atoms with E-state index in [0.717, 1.165) is 43.1 Å². The van der Waals surface area contributed by atoms with Crippen molar-refractivity contribution >= 4 is 11.6 Å². The number of likely N-dealkylation sites (tertiary alicyclic amines) is 1. The largest absolute Gasteiger partial charge is 0.489 e. The number of nitrogens with one attached hydrogen (secondary N) is 1. The molecule has 1 N–H and O–H groups in total. The lowest BCUT2D eigenvalue weighted by molar-refractivity contribution is 0.0204. The third-order valence-electron chi connectivity index (χ3n) is 7.59. The maximum Gasteiger partial charge on any atom is 0.119 e. The van der Waals surface area contributed by atoms with Crippen LogP contribution in [0.25, 0.3) is 0 Å². The van der Waals surface area contributed by atoms with Gasteiger partial charge in [-0.05, 0) is 75.3 Å². The summed E-state index contributed by atoms with van der Waals surface area (Å²) < 4.78 is 6.21. The van der Waals surface area contributed by atoms with Crippen LogP contribution in [-0.4, -0.2) is 36.2 Å². The molecular formula is C27H33ClN2O. The Labute approximate surface area is 191 Å². The second-order valence-electron chi connectivity index (χ2n) is 9.75. The minimum absolute atomic E-state index is 0.286. The molecule has 3 atom stereocenters. The highest BCUT2D eigenvalue weighted by molar-refractivity contribution is 6.30. The van der Waals surface area contributed by atoms with Crippen LogP contribution in [0.1, 0.15) is 43.2 Å². The van der Waals surface area contributed by atoms with E-state index in [1.165, 1.54) is 36.1 Å². The highest BCUT2D eigenvalue weighted by Gasteiger charge is 2.64. The molecule has 3 aliphatic rings. The highest BCUT2D eigenvalue weighted by Crippen LogP contribution is 2.63. The number of allylic oxidation sites excluding steroid dienone is 1. The van der Waals surface area contributed by atoms with Crippen molar-refractivity contribution in [1.82, 2.24) is 10.2 Å². The minimum atomic E-state index is 0.286. The standard InChI is InChI=1S/C27H33ClN2O/c1-19-3-6-21(7-4-19)8-5-20(2)29-25-17-26(27(25)14-15-27)30-16-13-24(18-30)31-23-11-9-22(28)10-12-23/h3-4,6-7,9-12,24-26,29H,2,5,8,13-18H2,1H3/t24?,25?,26-/m1/s1. The number of rotatable bonds is 8. The van der Waals surface area contributed by atoms with E-state index < -0.39 is 0 Å². The molecule has 1 saturated heterocycles. The van der Waals surface area contributed by atoms with Crippen molar-refractivity contribution in [3.8, 4) is 5.75 Å². The Morgan fingerprint density at radius 2 is 1.90 bits per heavy atom. The van der Waals surface area contributed by atoms with Gasteiger partial charge in [-0.2, -0.15) is 0 Å². The van der Waals surface area contributed by atoms with E-state index in [4.69, 9.17) is 16.3 Å². The fourth-order valence-electron chi connectivity index (χ4n) is 5.51. The molecule has 0 aromatic heterocycles. The van der Waals surface area contributed by atoms with E-state index in [1.807, 2.05) is 24.3 Å². The number of hydrogen-bond donors (Lipinski definition) is 1. The zero-order valence-corrected chi connectivity index (χ0v) is 19.2. The van der Waals surface area contributed by atoms with E-state index in [9.17, 15) is 0 Å². The third-order valence-corrected chi connectivity index (χ3v) is 7.84. The minimum Gasteiger partial charge on any atom is -0.489 e. The van der Waals surface area contributed by atoms with E-state index in [1.54, 1.807) is 0 Å². The van der Waals surface area contributed by atoms with Crippen LogP contribution in [0.3, 0.4) is 0 Å². The molecule has 3 nitrogen and oxygen atoms in total. The highest BCUT2D eigenvalue weighted by atomic mass is 35.5. The van der Waals surface area contributed by atoms with Crippen LogP contribution in [0.2, 0.25) is 5.02 Å². The fourth-order valence-corrected chi connectivity index (χ4v) is 5.64. The number of nitrogens with zero attached hydrogens (tertiary/aromatic N) is 1. The summed E-state index contributed by atoms with van der Waals surface area (Å²) in [6, 6.07) is 17.9. The number of benzene rings is 2. The van der Waals surface area contributed by atoms with Crippen molar-refractivity contribution in [2.24, 2.45) is 5.41 Å². The predicted molar refractivity (Wildman–Crippen MR) is 128 cm³/mol. The number of ether oxygens (including phenoxy) is 1. The number of hydrogen-bond acceptors (Lipinski definition) is 3. The van der Waals surface area contributed by atoms with Gasteiger partial charge in [0.25, 0.3) is 0 Å². The van der Waals surface area contributed by atoms with Crippen LogP contribution < -0.4 is 10.1 Å². The molecule has 0 bridgehead atoms. The van der Waals surface area contributed by atoms with Gasteiger partial charge in [-0.25, -0.2) is 0 Å². The van der Waals surface area contributed by atoms with Crippen molar-refractivity contribution in [2.45, 2.75) is 63.6 Å². The fraction of sp³-hybridized carbons (Fsp3) is 0.481. The Hall–Kier alpha value is -1.97. The molecule has 2 unspecified atom stereocenters. The van der Waals surface area contributed by atoms with Crippen LogP contribution in [0.5, 0.6) is 5.75 Å². The van der Waals surface area contributed by atoms with Gasteiger partial charge in [-0.3, -0.25) is 4.90 Å². The van der Waals surface area contributed by atoms with Crippen LogP contribution in [0, 0.1) is 12.3 Å². The molecule has 1 aliphatic heterocycles. The Kier molecular flexibility index (Phi) is 5.75. The van der Waals surface area contributed by atoms with Crippen molar-refractivity contribution < 1.29 is 4.74 Å². The molecule has 0 radical (unpaired) electrons. The molecule has 1 spiro atoms. The van der Waals surface area contributed by atoms with Gasteiger partial charge in [0.15, 0.2) is 0 Å². The summed E-state index contributed by atoms with van der Waals surface area (Å²) in [7, 11) is 0. The summed E-state index contributed by atoms with van der Waals surface area (Å²) in [5, 5.41) is 4.55. The van der Waals surface area contributed by atoms with Crippen molar-refractivity contribution in [1.29, 1.82) is 0 Å². The average molecular weight is 437 g/mol. The first-order valence-electron chi connectivity index (χ1n) is 11.7. The Balaban J connectivity index is 1.09. The first-order chi connectivity index (χ1) is 15.0. The second kappa shape index (κ2) is 8.52. The molecule has 2 aromatic rings. The number of halogens is 1. The van der Waals surface area contributed by atoms with Crippen LogP contribution in [0.4, 0.5) is 0 Å². The van der Waals surface area contributed by atoms with Crippen molar-refractivity contribution in [3.05, 3.63) is 77.0 Å². The normalized spacial score (nSPS) is 26.5. The molecule has 2 saturated carbocycles. The van der Waals surface area contributed by atoms with E-state index >= 15 is 0 Å². The summed E-state index contributed by atoms with van der Waals surface area (Å²) in [6.07, 6.45) is 7.40. The van der Waals surface area contributed by atoms with Gasteiger partial charge >= 0.3 is 0 Å². The lowest BCUT2D eigenvalue weighted by Gasteiger charge is -2.51. The summed E-state index contributed by atoms with van der Waals surface area (Å²) in [6.45, 7) is 8.66. The third kappa shape index (κ3) is 4.49. The van der Waals surface area contributed by atoms with Crippen LogP contribution >= 0.6 is 11.6 Å². The summed E-state index contributed by atoms with van der Waals surface area (Å²) in [5.41, 5.74) is 4.38. The number of aryl methyl sites for hydroxylation is 2. The van der Waals surface area contributed by atoms with E-state index in [-0.39, 0.29) is 6.10 Å². The Morgan fingerprint density at radius 3 is 2.61 bits per heavy atom. The first-order valence-corrected chi connectivity index (χ1v) is 12.1. The van der Waals surface area contributed by atoms with Gasteiger partial charge < -0.3 is 10.1 Å². The lowest BCUT2D eigenvalue weighted by atomic mass is 9.70. The summed E-state index contributed by atoms with van der Waals surface area (Å²) in [5.74, 6) is 0.926. The Bertz CT molecular complexity index is 919. The second-order valence-corrected chi connectivity index (χ2v) is 10.2. The molecule has 2 aromatic carbocycles. The maximum atomic E-state index is 6.21. The molecule has 5 rings (SSSR count). The molecule has 0 amide bonds. The predicted octanol–water partition coefficient (Wildman–Crippen LogP) is 5.76. The maximum absolute atomic E-state index is 6.21. The SMILES string of the molecule is C=C(CCc1ccc(C)cc1)NC1C[C@@H](N2CCC(Oc3ccc(Cl)cc3)C2)C12CC2. The van der Waals surface area contributed by atoms with E-state index in [0.29, 0.717) is 17.5 Å². The van der Waals surface area contributed by atoms with Crippen LogP contribution in [-0.2, 0) is 6.42 Å². The monoisotopic (exact) mass is 436 g/mol.